The number of aryl methyl sites for hydroxylation is 1. The number of nitrogen functional groups attached to an aromatic ring is 2. The zero-order valence-corrected chi connectivity index (χ0v) is 32.8. The lowest BCUT2D eigenvalue weighted by Gasteiger charge is -2.34. The molecular formula is C36H55ClN10O12. The number of halogens is 1. The number of unbranched alkanes of at least 4 members (excludes halogenated alkanes) is 1. The number of primary amides is 1. The number of amides is 2. The van der Waals surface area contributed by atoms with Crippen LogP contribution in [0.3, 0.4) is 0 Å². The molecule has 328 valence electrons. The van der Waals surface area contributed by atoms with Gasteiger partial charge in [0.05, 0.1) is 31.5 Å². The van der Waals surface area contributed by atoms with Gasteiger partial charge in [-0.3, -0.25) is 30.1 Å². The Balaban J connectivity index is 1.61. The van der Waals surface area contributed by atoms with E-state index in [1.807, 2.05) is 36.4 Å². The number of nitrogens with zero attached hydrogens (tertiary/aromatic N) is 4. The van der Waals surface area contributed by atoms with Crippen molar-refractivity contribution in [1.82, 2.24) is 25.5 Å². The fourth-order valence-corrected chi connectivity index (χ4v) is 6.04. The molecule has 1 aromatic heterocycles. The molecule has 20 N–H and O–H groups in total. The monoisotopic (exact) mass is 854 g/mol. The summed E-state index contributed by atoms with van der Waals surface area (Å²) < 4.78 is 0. The van der Waals surface area contributed by atoms with Gasteiger partial charge in [-0.05, 0) is 47.6 Å². The van der Waals surface area contributed by atoms with Crippen LogP contribution in [0.15, 0.2) is 41.4 Å². The largest absolute Gasteiger partial charge is 0.394 e. The molecule has 0 aliphatic rings. The van der Waals surface area contributed by atoms with Crippen molar-refractivity contribution in [3.63, 3.8) is 0 Å². The van der Waals surface area contributed by atoms with Crippen molar-refractivity contribution in [3.05, 3.63) is 58.4 Å². The molecule has 1 heterocycles. The third kappa shape index (κ3) is 14.7. The quantitative estimate of drug-likeness (QED) is 0.0173. The van der Waals surface area contributed by atoms with Crippen LogP contribution in [0.4, 0.5) is 11.6 Å². The van der Waals surface area contributed by atoms with E-state index >= 15 is 0 Å². The molecule has 0 saturated heterocycles. The average molecular weight is 855 g/mol. The number of aromatic nitrogens is 2. The molecular weight excluding hydrogens is 800 g/mol. The third-order valence-corrected chi connectivity index (χ3v) is 9.65. The predicted molar refractivity (Wildman–Crippen MR) is 215 cm³/mol. The molecule has 0 bridgehead atoms. The van der Waals surface area contributed by atoms with Gasteiger partial charge in [0.2, 0.25) is 5.91 Å². The van der Waals surface area contributed by atoms with E-state index < -0.39 is 93.0 Å². The highest BCUT2D eigenvalue weighted by molar-refractivity contribution is 6.31. The highest BCUT2D eigenvalue weighted by Gasteiger charge is 2.34. The second kappa shape index (κ2) is 23.4. The molecule has 2 aromatic carbocycles. The number of nitrogens with one attached hydrogen (secondary N) is 2. The summed E-state index contributed by atoms with van der Waals surface area (Å²) >= 11 is 5.82. The van der Waals surface area contributed by atoms with Crippen LogP contribution in [0.1, 0.15) is 34.5 Å². The second-order valence-electron chi connectivity index (χ2n) is 14.0. The lowest BCUT2D eigenvalue weighted by Crippen LogP contribution is -2.56. The maximum absolute atomic E-state index is 12.5. The van der Waals surface area contributed by atoms with Crippen LogP contribution in [0.2, 0.25) is 5.15 Å². The van der Waals surface area contributed by atoms with Crippen LogP contribution < -0.4 is 33.6 Å². The molecule has 0 saturated carbocycles. The third-order valence-electron chi connectivity index (χ3n) is 9.37. The summed E-state index contributed by atoms with van der Waals surface area (Å²) in [5, 5.41) is 107. The maximum atomic E-state index is 12.5. The van der Waals surface area contributed by atoms with Gasteiger partial charge >= 0.3 is 0 Å². The first-order valence-corrected chi connectivity index (χ1v) is 18.9. The normalized spacial score (nSPS) is 16.8. The minimum absolute atomic E-state index is 0.0959. The summed E-state index contributed by atoms with van der Waals surface area (Å²) in [5.41, 5.74) is 24.3. The van der Waals surface area contributed by atoms with Gasteiger partial charge in [-0.25, -0.2) is 9.97 Å². The number of aliphatic imine (C=N–C) groups is 1. The number of hydrogen-bond acceptors (Lipinski definition) is 19. The minimum Gasteiger partial charge on any atom is -0.394 e. The molecule has 23 heteroatoms. The first kappa shape index (κ1) is 49.0. The van der Waals surface area contributed by atoms with E-state index in [2.05, 4.69) is 25.6 Å². The lowest BCUT2D eigenvalue weighted by atomic mass is 9.98. The van der Waals surface area contributed by atoms with E-state index in [4.69, 9.17) is 44.7 Å². The number of carbonyl (C=O) groups is 2. The van der Waals surface area contributed by atoms with Crippen molar-refractivity contribution < 1.29 is 60.7 Å². The number of guanidine groups is 1. The first-order valence-electron chi connectivity index (χ1n) is 18.5. The first-order chi connectivity index (χ1) is 27.9. The number of hydrogen-bond donors (Lipinski definition) is 16. The highest BCUT2D eigenvalue weighted by Crippen LogP contribution is 2.21. The van der Waals surface area contributed by atoms with Crippen LogP contribution >= 0.6 is 11.6 Å². The van der Waals surface area contributed by atoms with Crippen LogP contribution in [0.5, 0.6) is 0 Å². The molecule has 0 spiro atoms. The Morgan fingerprint density at radius 3 is 1.81 bits per heavy atom. The summed E-state index contributed by atoms with van der Waals surface area (Å²) in [6.45, 7) is -2.90. The Hall–Kier alpha value is -4.40. The van der Waals surface area contributed by atoms with Gasteiger partial charge < -0.3 is 74.0 Å². The number of nitrogens with two attached hydrogens (primary N) is 4. The Bertz CT molecular complexity index is 1840. The highest BCUT2D eigenvalue weighted by atomic mass is 35.5. The summed E-state index contributed by atoms with van der Waals surface area (Å²) in [6.07, 6.45) is -12.8. The number of carbonyl (C=O) groups excluding carboxylic acids is 2. The molecule has 59 heavy (non-hydrogen) atoms. The van der Waals surface area contributed by atoms with Gasteiger partial charge in [0, 0.05) is 26.3 Å². The van der Waals surface area contributed by atoms with Gasteiger partial charge in [0.1, 0.15) is 36.6 Å². The van der Waals surface area contributed by atoms with E-state index in [0.29, 0.717) is 13.0 Å². The molecule has 9 atom stereocenters. The predicted octanol–water partition coefficient (Wildman–Crippen LogP) is -5.37. The number of rotatable bonds is 24. The number of aliphatic hydroxyl groups is 10. The van der Waals surface area contributed by atoms with Crippen molar-refractivity contribution >= 4 is 51.8 Å². The molecule has 2 amide bonds. The van der Waals surface area contributed by atoms with Gasteiger partial charge in [0.15, 0.2) is 28.4 Å². The Kier molecular flexibility index (Phi) is 19.4. The lowest BCUT2D eigenvalue weighted by molar-refractivity contribution is -0.131. The maximum Gasteiger partial charge on any atom is 0.280 e. The molecule has 0 aliphatic carbocycles. The molecule has 3 rings (SSSR count). The molecule has 9 unspecified atom stereocenters. The summed E-state index contributed by atoms with van der Waals surface area (Å²) in [6, 6.07) is 10.5. The fourth-order valence-electron chi connectivity index (χ4n) is 5.91. The number of aliphatic hydroxyl groups excluding tert-OH is 10. The Morgan fingerprint density at radius 1 is 0.746 bits per heavy atom. The topological polar surface area (TPSA) is 406 Å². The van der Waals surface area contributed by atoms with Crippen molar-refractivity contribution in [2.24, 2.45) is 16.5 Å². The van der Waals surface area contributed by atoms with E-state index in [-0.39, 0.29) is 41.5 Å². The van der Waals surface area contributed by atoms with Gasteiger partial charge in [-0.2, -0.15) is 0 Å². The van der Waals surface area contributed by atoms with E-state index in [1.54, 1.807) is 0 Å². The van der Waals surface area contributed by atoms with E-state index in [1.165, 1.54) is 4.90 Å². The molecule has 0 radical (unpaired) electrons. The van der Waals surface area contributed by atoms with Crippen LogP contribution in [0, 0.1) is 0 Å². The van der Waals surface area contributed by atoms with Crippen LogP contribution in [0.25, 0.3) is 10.8 Å². The summed E-state index contributed by atoms with van der Waals surface area (Å²) in [4.78, 5) is 37.9. The smallest absolute Gasteiger partial charge is 0.280 e. The average Bonchev–Trinajstić information content (AvgIpc) is 3.21. The van der Waals surface area contributed by atoms with Gasteiger partial charge in [-0.15, -0.1) is 0 Å². The van der Waals surface area contributed by atoms with Crippen LogP contribution in [-0.2, 0) is 17.6 Å². The zero-order valence-electron chi connectivity index (χ0n) is 32.0. The number of fused-ring (bicyclic) bond motifs is 1. The van der Waals surface area contributed by atoms with Gasteiger partial charge in [0.25, 0.3) is 5.91 Å². The van der Waals surface area contributed by atoms with Gasteiger partial charge in [-0.1, -0.05) is 48.0 Å². The Labute approximate surface area is 343 Å². The molecule has 22 nitrogen and oxygen atoms in total. The van der Waals surface area contributed by atoms with Crippen molar-refractivity contribution in [2.45, 2.75) is 80.6 Å². The molecule has 0 fully saturated rings. The summed E-state index contributed by atoms with van der Waals surface area (Å²) in [5.74, 6) is -1.95. The zero-order chi connectivity index (χ0) is 44.0. The minimum atomic E-state index is -1.98. The summed E-state index contributed by atoms with van der Waals surface area (Å²) in [7, 11) is 0. The number of anilines is 2. The number of benzene rings is 2. The molecule has 0 aliphatic heterocycles. The van der Waals surface area contributed by atoms with E-state index in [0.717, 1.165) is 34.7 Å². The van der Waals surface area contributed by atoms with Crippen LogP contribution in [-0.4, -0.2) is 178 Å². The van der Waals surface area contributed by atoms with E-state index in [9.17, 15) is 50.4 Å². The Morgan fingerprint density at radius 2 is 1.27 bits per heavy atom. The SMILES string of the molecule is NC(=O)C(Cc1ccc2cc(CCCCN=C(N)NC(=O)c3nc(Cl)c(N)nc3N)ccc2c1)NCN(CC(O)C(O)C(O)C(O)CO)CC(O)C(O)C(O)C(O)CO. The van der Waals surface area contributed by atoms with Crippen molar-refractivity contribution in [3.8, 4) is 0 Å². The molecule has 3 aromatic rings. The fraction of sp³-hybridized carbons (Fsp3) is 0.528. The van der Waals surface area contributed by atoms with Crippen molar-refractivity contribution in [2.75, 3.05) is 51.0 Å². The van der Waals surface area contributed by atoms with Crippen molar-refractivity contribution in [1.29, 1.82) is 0 Å². The standard InChI is InChI=1S/C36H55ClN10O12/c37-31-33(39)45-32(38)26(44-31)35(59)46-36(41)42-8-2-1-3-17-4-6-20-10-18(5-7-19(20)9-17)11-21(34(40)58)43-16-47(12-22(50)27(54)29(56)24(52)14-48)13-23(51)28(55)30(57)25(53)15-49/h4-7,9-10,21-25,27-30,43,48-57H,1-3,8,11-16H2,(H2,40,58)(H4,38,39,45)(H3,41,42,46,59). The second-order valence-corrected chi connectivity index (χ2v) is 14.3.